The standard InChI is InChI=1S/C4H8N2O2S/c1-3(2-5)4(9)6(7)8/h9H,2,5H2,1H3. The van der Waals surface area contributed by atoms with Crippen molar-refractivity contribution < 1.29 is 4.92 Å². The first-order valence-corrected chi connectivity index (χ1v) is 2.77. The Morgan fingerprint density at radius 2 is 2.33 bits per heavy atom. The Hall–Kier alpha value is -0.550. The third-order valence-corrected chi connectivity index (χ3v) is 1.41. The lowest BCUT2D eigenvalue weighted by atomic mass is 10.3. The van der Waals surface area contributed by atoms with Crippen molar-refractivity contribution in [3.05, 3.63) is 20.7 Å². The van der Waals surface area contributed by atoms with E-state index in [2.05, 4.69) is 12.6 Å². The first kappa shape index (κ1) is 8.45. The van der Waals surface area contributed by atoms with E-state index < -0.39 is 4.92 Å². The first-order valence-electron chi connectivity index (χ1n) is 2.32. The monoisotopic (exact) mass is 148 g/mol. The highest BCUT2D eigenvalue weighted by Gasteiger charge is 2.06. The highest BCUT2D eigenvalue weighted by molar-refractivity contribution is 7.84. The number of nitro groups is 1. The van der Waals surface area contributed by atoms with E-state index in [-0.39, 0.29) is 11.6 Å². The molecule has 0 aliphatic carbocycles. The van der Waals surface area contributed by atoms with E-state index >= 15 is 0 Å². The quantitative estimate of drug-likeness (QED) is 0.338. The second-order valence-electron chi connectivity index (χ2n) is 1.57. The van der Waals surface area contributed by atoms with Crippen LogP contribution < -0.4 is 5.73 Å². The van der Waals surface area contributed by atoms with Gasteiger partial charge in [0.05, 0.1) is 4.92 Å². The van der Waals surface area contributed by atoms with Gasteiger partial charge in [-0.05, 0) is 6.92 Å². The van der Waals surface area contributed by atoms with Crippen molar-refractivity contribution in [1.82, 2.24) is 0 Å². The Balaban J connectivity index is 4.28. The smallest absolute Gasteiger partial charge is 0.300 e. The van der Waals surface area contributed by atoms with Crippen LogP contribution >= 0.6 is 12.6 Å². The molecular weight excluding hydrogens is 140 g/mol. The molecule has 0 bridgehead atoms. The highest BCUT2D eigenvalue weighted by atomic mass is 32.1. The van der Waals surface area contributed by atoms with Gasteiger partial charge in [0.15, 0.2) is 0 Å². The number of thiol groups is 1. The lowest BCUT2D eigenvalue weighted by Gasteiger charge is -1.92. The summed E-state index contributed by atoms with van der Waals surface area (Å²) in [4.78, 5) is 9.35. The van der Waals surface area contributed by atoms with E-state index in [4.69, 9.17) is 5.73 Å². The number of hydrogen-bond acceptors (Lipinski definition) is 4. The molecule has 52 valence electrons. The molecule has 0 aromatic carbocycles. The van der Waals surface area contributed by atoms with Crippen molar-refractivity contribution in [2.75, 3.05) is 6.54 Å². The molecule has 0 atom stereocenters. The van der Waals surface area contributed by atoms with E-state index in [1.807, 2.05) is 0 Å². The molecule has 0 aromatic rings. The van der Waals surface area contributed by atoms with E-state index in [0.717, 1.165) is 0 Å². The van der Waals surface area contributed by atoms with Crippen LogP contribution in [-0.2, 0) is 0 Å². The molecule has 0 spiro atoms. The molecule has 0 aliphatic heterocycles. The summed E-state index contributed by atoms with van der Waals surface area (Å²) < 4.78 is 0. The van der Waals surface area contributed by atoms with E-state index in [0.29, 0.717) is 5.57 Å². The predicted octanol–water partition coefficient (Wildman–Crippen LogP) is 0.383. The molecule has 5 heteroatoms. The highest BCUT2D eigenvalue weighted by Crippen LogP contribution is 2.06. The minimum atomic E-state index is -0.564. The fourth-order valence-electron chi connectivity index (χ4n) is 0.247. The van der Waals surface area contributed by atoms with Crippen molar-refractivity contribution in [2.45, 2.75) is 6.92 Å². The molecule has 0 radical (unpaired) electrons. The van der Waals surface area contributed by atoms with Gasteiger partial charge in [-0.2, -0.15) is 0 Å². The Kier molecular flexibility index (Phi) is 3.26. The van der Waals surface area contributed by atoms with Gasteiger partial charge in [0, 0.05) is 12.1 Å². The van der Waals surface area contributed by atoms with E-state index in [1.165, 1.54) is 0 Å². The van der Waals surface area contributed by atoms with Crippen LogP contribution in [0.15, 0.2) is 10.6 Å². The maximum atomic E-state index is 9.92. The van der Waals surface area contributed by atoms with E-state index in [9.17, 15) is 10.1 Å². The van der Waals surface area contributed by atoms with Crippen LogP contribution in [0.5, 0.6) is 0 Å². The molecule has 0 amide bonds. The van der Waals surface area contributed by atoms with Crippen LogP contribution in [0.1, 0.15) is 6.92 Å². The zero-order valence-corrected chi connectivity index (χ0v) is 5.89. The molecule has 0 aliphatic rings. The average Bonchev–Trinajstić information content (AvgIpc) is 1.84. The van der Waals surface area contributed by atoms with Gasteiger partial charge in [-0.3, -0.25) is 10.1 Å². The van der Waals surface area contributed by atoms with Gasteiger partial charge in [-0.25, -0.2) is 0 Å². The third kappa shape index (κ3) is 2.48. The Bertz CT molecular complexity index is 155. The molecule has 0 saturated carbocycles. The summed E-state index contributed by atoms with van der Waals surface area (Å²) in [6.45, 7) is 1.75. The topological polar surface area (TPSA) is 69.2 Å². The second kappa shape index (κ2) is 3.47. The minimum absolute atomic E-state index is 0.155. The van der Waals surface area contributed by atoms with Crippen LogP contribution in [0.25, 0.3) is 0 Å². The normalized spacial score (nSPS) is 12.8. The van der Waals surface area contributed by atoms with Crippen molar-refractivity contribution in [2.24, 2.45) is 5.73 Å². The number of nitrogens with zero attached hydrogens (tertiary/aromatic N) is 1. The molecule has 0 rings (SSSR count). The van der Waals surface area contributed by atoms with Crippen molar-refractivity contribution >= 4 is 12.6 Å². The molecule has 0 fully saturated rings. The molecule has 2 N–H and O–H groups in total. The summed E-state index contributed by atoms with van der Waals surface area (Å²) in [5.41, 5.74) is 5.59. The van der Waals surface area contributed by atoms with Crippen LogP contribution in [0.4, 0.5) is 0 Å². The van der Waals surface area contributed by atoms with Gasteiger partial charge < -0.3 is 5.73 Å². The third-order valence-electron chi connectivity index (χ3n) is 0.861. The zero-order valence-electron chi connectivity index (χ0n) is 5.00. The van der Waals surface area contributed by atoms with Gasteiger partial charge >= 0.3 is 0 Å². The molecule has 0 saturated heterocycles. The number of nitrogens with two attached hydrogens (primary N) is 1. The summed E-state index contributed by atoms with van der Waals surface area (Å²) in [6, 6.07) is 0. The zero-order chi connectivity index (χ0) is 7.44. The summed E-state index contributed by atoms with van der Waals surface area (Å²) in [7, 11) is 0. The maximum absolute atomic E-state index is 9.92. The summed E-state index contributed by atoms with van der Waals surface area (Å²) >= 11 is 3.60. The Labute approximate surface area is 58.3 Å². The molecule has 9 heavy (non-hydrogen) atoms. The molecule has 0 heterocycles. The molecular formula is C4H8N2O2S. The van der Waals surface area contributed by atoms with Crippen LogP contribution in [-0.4, -0.2) is 11.5 Å². The first-order chi connectivity index (χ1) is 4.09. The van der Waals surface area contributed by atoms with Gasteiger partial charge in [0.25, 0.3) is 5.03 Å². The Morgan fingerprint density at radius 3 is 2.44 bits per heavy atom. The van der Waals surface area contributed by atoms with E-state index in [1.54, 1.807) is 6.92 Å². The van der Waals surface area contributed by atoms with Crippen LogP contribution in [0, 0.1) is 10.1 Å². The number of hydrogen-bond donors (Lipinski definition) is 2. The van der Waals surface area contributed by atoms with Crippen LogP contribution in [0.3, 0.4) is 0 Å². The van der Waals surface area contributed by atoms with Crippen molar-refractivity contribution in [3.8, 4) is 0 Å². The van der Waals surface area contributed by atoms with Gasteiger partial charge in [-0.1, -0.05) is 12.6 Å². The molecule has 4 nitrogen and oxygen atoms in total. The summed E-state index contributed by atoms with van der Waals surface area (Å²) in [5.74, 6) is 0. The lowest BCUT2D eigenvalue weighted by Crippen LogP contribution is -2.05. The largest absolute Gasteiger partial charge is 0.327 e. The van der Waals surface area contributed by atoms with Gasteiger partial charge in [0.1, 0.15) is 0 Å². The lowest BCUT2D eigenvalue weighted by molar-refractivity contribution is -0.411. The summed E-state index contributed by atoms with van der Waals surface area (Å²) in [6.07, 6.45) is 0. The second-order valence-corrected chi connectivity index (χ2v) is 1.99. The molecule has 0 aromatic heterocycles. The van der Waals surface area contributed by atoms with Crippen LogP contribution in [0.2, 0.25) is 0 Å². The minimum Gasteiger partial charge on any atom is -0.327 e. The predicted molar refractivity (Wildman–Crippen MR) is 37.7 cm³/mol. The van der Waals surface area contributed by atoms with Gasteiger partial charge in [0.2, 0.25) is 0 Å². The van der Waals surface area contributed by atoms with Crippen molar-refractivity contribution in [1.29, 1.82) is 0 Å². The Morgan fingerprint density at radius 1 is 1.89 bits per heavy atom. The SMILES string of the molecule is CC(CN)=C(S)[N+](=O)[O-]. The van der Waals surface area contributed by atoms with Crippen molar-refractivity contribution in [3.63, 3.8) is 0 Å². The maximum Gasteiger partial charge on any atom is 0.300 e. The number of rotatable bonds is 2. The van der Waals surface area contributed by atoms with Gasteiger partial charge in [-0.15, -0.1) is 0 Å². The fraction of sp³-hybridized carbons (Fsp3) is 0.500. The fourth-order valence-corrected chi connectivity index (χ4v) is 0.338. The molecule has 0 unspecified atom stereocenters. The summed E-state index contributed by atoms with van der Waals surface area (Å²) in [5, 5.41) is 9.76. The average molecular weight is 148 g/mol.